The molecule has 0 heterocycles. The van der Waals surface area contributed by atoms with Crippen LogP contribution in [0.2, 0.25) is 0 Å². The van der Waals surface area contributed by atoms with Crippen LogP contribution in [0.25, 0.3) is 0 Å². The summed E-state index contributed by atoms with van der Waals surface area (Å²) in [5, 5.41) is 0. The quantitative estimate of drug-likeness (QED) is 0.455. The Morgan fingerprint density at radius 3 is 2.55 bits per heavy atom. The molecule has 0 radical (unpaired) electrons. The van der Waals surface area contributed by atoms with Crippen molar-refractivity contribution in [3.8, 4) is 18.1 Å². The summed E-state index contributed by atoms with van der Waals surface area (Å²) in [4.78, 5) is 0.138. The summed E-state index contributed by atoms with van der Waals surface area (Å²) < 4.78 is 28.8. The second-order valence-electron chi connectivity index (χ2n) is 4.90. The Labute approximate surface area is 125 Å². The summed E-state index contributed by atoms with van der Waals surface area (Å²) in [6, 6.07) is 3.32. The summed E-state index contributed by atoms with van der Waals surface area (Å²) in [6.07, 6.45) is 6.61. The predicted molar refractivity (Wildman–Crippen MR) is 81.9 cm³/mol. The number of aryl methyl sites for hydroxylation is 1. The average Bonchev–Trinajstić information content (AvgIpc) is 2.32. The molecule has 0 aromatic heterocycles. The van der Waals surface area contributed by atoms with Gasteiger partial charge in [-0.05, 0) is 42.5 Å². The number of rotatable bonds is 6. The standard InChI is InChI=1S/C15H19ClO3S/c1-5-6-7-8-19-14-9-12(4)15(20(16,17)18)10-13(14)11(2)3/h1,9-11H,6-8H2,2-4H3. The van der Waals surface area contributed by atoms with Crippen molar-refractivity contribution in [2.45, 2.75) is 44.4 Å². The minimum absolute atomic E-state index is 0.135. The van der Waals surface area contributed by atoms with Gasteiger partial charge in [-0.25, -0.2) is 8.42 Å². The highest BCUT2D eigenvalue weighted by Crippen LogP contribution is 2.33. The highest BCUT2D eigenvalue weighted by molar-refractivity contribution is 8.13. The Bertz CT molecular complexity index is 613. The Balaban J connectivity index is 3.13. The van der Waals surface area contributed by atoms with Gasteiger partial charge in [-0.1, -0.05) is 13.8 Å². The Kier molecular flexibility index (Phi) is 5.91. The summed E-state index contributed by atoms with van der Waals surface area (Å²) in [7, 11) is 1.70. The molecular weight excluding hydrogens is 296 g/mol. The lowest BCUT2D eigenvalue weighted by atomic mass is 10.0. The van der Waals surface area contributed by atoms with Gasteiger partial charge in [0, 0.05) is 17.1 Å². The van der Waals surface area contributed by atoms with Crippen LogP contribution < -0.4 is 4.74 Å². The minimum atomic E-state index is -3.75. The van der Waals surface area contributed by atoms with Crippen molar-refractivity contribution in [2.75, 3.05) is 6.61 Å². The van der Waals surface area contributed by atoms with E-state index in [0.29, 0.717) is 24.3 Å². The molecule has 0 aliphatic rings. The van der Waals surface area contributed by atoms with E-state index in [1.807, 2.05) is 13.8 Å². The third kappa shape index (κ3) is 4.43. The fourth-order valence-corrected chi connectivity index (χ4v) is 3.08. The lowest BCUT2D eigenvalue weighted by molar-refractivity contribution is 0.308. The van der Waals surface area contributed by atoms with Gasteiger partial charge >= 0.3 is 0 Å². The molecule has 0 aliphatic heterocycles. The largest absolute Gasteiger partial charge is 0.493 e. The van der Waals surface area contributed by atoms with E-state index in [1.54, 1.807) is 19.1 Å². The van der Waals surface area contributed by atoms with Gasteiger partial charge in [-0.3, -0.25) is 0 Å². The van der Waals surface area contributed by atoms with Crippen LogP contribution in [0.1, 0.15) is 43.7 Å². The summed E-state index contributed by atoms with van der Waals surface area (Å²) in [6.45, 7) is 6.16. The fraction of sp³-hybridized carbons (Fsp3) is 0.467. The maximum atomic E-state index is 11.5. The van der Waals surface area contributed by atoms with E-state index in [4.69, 9.17) is 21.8 Å². The molecule has 0 saturated carbocycles. The van der Waals surface area contributed by atoms with E-state index in [-0.39, 0.29) is 10.8 Å². The van der Waals surface area contributed by atoms with Crippen LogP contribution in [0, 0.1) is 19.3 Å². The molecule has 3 nitrogen and oxygen atoms in total. The molecule has 0 saturated heterocycles. The zero-order valence-corrected chi connectivity index (χ0v) is 13.5. The van der Waals surface area contributed by atoms with Gasteiger partial charge in [-0.2, -0.15) is 0 Å². The Morgan fingerprint density at radius 1 is 1.40 bits per heavy atom. The van der Waals surface area contributed by atoms with Crippen LogP contribution in [-0.2, 0) is 9.05 Å². The van der Waals surface area contributed by atoms with E-state index >= 15 is 0 Å². The van der Waals surface area contributed by atoms with Gasteiger partial charge in [0.15, 0.2) is 0 Å². The van der Waals surface area contributed by atoms with Crippen LogP contribution in [0.15, 0.2) is 17.0 Å². The molecule has 0 spiro atoms. The van der Waals surface area contributed by atoms with Gasteiger partial charge in [0.25, 0.3) is 9.05 Å². The van der Waals surface area contributed by atoms with Crippen LogP contribution in [0.4, 0.5) is 0 Å². The summed E-state index contributed by atoms with van der Waals surface area (Å²) in [5.41, 5.74) is 1.41. The second kappa shape index (κ2) is 7.01. The molecule has 1 aromatic rings. The third-order valence-electron chi connectivity index (χ3n) is 2.92. The fourth-order valence-electron chi connectivity index (χ4n) is 1.87. The monoisotopic (exact) mass is 314 g/mol. The number of hydrogen-bond donors (Lipinski definition) is 0. The maximum Gasteiger partial charge on any atom is 0.261 e. The molecular formula is C15H19ClO3S. The molecule has 110 valence electrons. The molecule has 0 amide bonds. The van der Waals surface area contributed by atoms with E-state index < -0.39 is 9.05 Å². The summed E-state index contributed by atoms with van der Waals surface area (Å²) >= 11 is 0. The molecule has 0 atom stereocenters. The van der Waals surface area contributed by atoms with E-state index in [1.165, 1.54) is 0 Å². The van der Waals surface area contributed by atoms with E-state index in [0.717, 1.165) is 12.0 Å². The molecule has 1 aromatic carbocycles. The molecule has 5 heteroatoms. The third-order valence-corrected chi connectivity index (χ3v) is 4.38. The summed E-state index contributed by atoms with van der Waals surface area (Å²) in [5.74, 6) is 3.38. The van der Waals surface area contributed by atoms with Crippen molar-refractivity contribution in [2.24, 2.45) is 0 Å². The topological polar surface area (TPSA) is 43.4 Å². The van der Waals surface area contributed by atoms with E-state index in [2.05, 4.69) is 5.92 Å². The molecule has 0 N–H and O–H groups in total. The van der Waals surface area contributed by atoms with Crippen molar-refractivity contribution >= 4 is 19.7 Å². The van der Waals surface area contributed by atoms with Crippen LogP contribution in [-0.4, -0.2) is 15.0 Å². The second-order valence-corrected chi connectivity index (χ2v) is 7.44. The van der Waals surface area contributed by atoms with Gasteiger partial charge in [0.2, 0.25) is 0 Å². The maximum absolute atomic E-state index is 11.5. The molecule has 0 bridgehead atoms. The molecule has 0 unspecified atom stereocenters. The molecule has 0 fully saturated rings. The predicted octanol–water partition coefficient (Wildman–Crippen LogP) is 3.84. The lowest BCUT2D eigenvalue weighted by Crippen LogP contribution is -2.04. The van der Waals surface area contributed by atoms with Crippen molar-refractivity contribution in [1.29, 1.82) is 0 Å². The lowest BCUT2D eigenvalue weighted by Gasteiger charge is -2.16. The molecule has 0 aliphatic carbocycles. The van der Waals surface area contributed by atoms with Crippen molar-refractivity contribution < 1.29 is 13.2 Å². The SMILES string of the molecule is C#CCCCOc1cc(C)c(S(=O)(=O)Cl)cc1C(C)C. The smallest absolute Gasteiger partial charge is 0.261 e. The normalized spacial score (nSPS) is 11.4. The first-order chi connectivity index (χ1) is 9.27. The number of unbranched alkanes of at least 4 members (excludes halogenated alkanes) is 1. The first-order valence-electron chi connectivity index (χ1n) is 6.42. The molecule has 1 rings (SSSR count). The zero-order valence-electron chi connectivity index (χ0n) is 11.9. The first-order valence-corrected chi connectivity index (χ1v) is 8.73. The number of hydrogen-bond acceptors (Lipinski definition) is 3. The van der Waals surface area contributed by atoms with Crippen LogP contribution >= 0.6 is 10.7 Å². The highest BCUT2D eigenvalue weighted by atomic mass is 35.7. The number of benzene rings is 1. The zero-order chi connectivity index (χ0) is 15.3. The van der Waals surface area contributed by atoms with E-state index in [9.17, 15) is 8.42 Å². The van der Waals surface area contributed by atoms with Crippen LogP contribution in [0.3, 0.4) is 0 Å². The molecule has 20 heavy (non-hydrogen) atoms. The average molecular weight is 315 g/mol. The van der Waals surface area contributed by atoms with Gasteiger partial charge in [-0.15, -0.1) is 12.3 Å². The van der Waals surface area contributed by atoms with Gasteiger partial charge in [0.1, 0.15) is 5.75 Å². The number of ether oxygens (including phenoxy) is 1. The number of terminal acetylenes is 1. The van der Waals surface area contributed by atoms with Crippen molar-refractivity contribution in [3.63, 3.8) is 0 Å². The van der Waals surface area contributed by atoms with Crippen LogP contribution in [0.5, 0.6) is 5.75 Å². The van der Waals surface area contributed by atoms with Gasteiger partial charge < -0.3 is 4.74 Å². The van der Waals surface area contributed by atoms with Crippen molar-refractivity contribution in [3.05, 3.63) is 23.3 Å². The highest BCUT2D eigenvalue weighted by Gasteiger charge is 2.19. The minimum Gasteiger partial charge on any atom is -0.493 e. The Morgan fingerprint density at radius 2 is 2.05 bits per heavy atom. The van der Waals surface area contributed by atoms with Crippen molar-refractivity contribution in [1.82, 2.24) is 0 Å². The first kappa shape index (κ1) is 16.9. The number of halogens is 1. The Hall–Kier alpha value is -1.18. The van der Waals surface area contributed by atoms with Gasteiger partial charge in [0.05, 0.1) is 11.5 Å².